The molecule has 0 N–H and O–H groups in total. The van der Waals surface area contributed by atoms with E-state index >= 15 is 0 Å². The van der Waals surface area contributed by atoms with Crippen molar-refractivity contribution in [3.8, 4) is 0 Å². The van der Waals surface area contributed by atoms with Crippen LogP contribution in [0.15, 0.2) is 6.07 Å². The van der Waals surface area contributed by atoms with Crippen molar-refractivity contribution in [3.63, 3.8) is 0 Å². The molecule has 23 heavy (non-hydrogen) atoms. The Labute approximate surface area is 137 Å². The van der Waals surface area contributed by atoms with Crippen LogP contribution < -0.4 is 0 Å². The summed E-state index contributed by atoms with van der Waals surface area (Å²) in [6.07, 6.45) is 3.58. The molecule has 2 saturated heterocycles. The second kappa shape index (κ2) is 6.34. The van der Waals surface area contributed by atoms with E-state index in [-0.39, 0.29) is 23.8 Å². The van der Waals surface area contributed by atoms with E-state index in [9.17, 15) is 9.59 Å². The fourth-order valence-electron chi connectivity index (χ4n) is 3.80. The summed E-state index contributed by atoms with van der Waals surface area (Å²) in [4.78, 5) is 28.3. The van der Waals surface area contributed by atoms with Crippen molar-refractivity contribution in [2.24, 2.45) is 5.92 Å². The van der Waals surface area contributed by atoms with Gasteiger partial charge in [0.05, 0.1) is 24.2 Å². The van der Waals surface area contributed by atoms with Gasteiger partial charge in [-0.05, 0) is 39.2 Å². The van der Waals surface area contributed by atoms with Crippen LogP contribution in [-0.2, 0) is 16.1 Å². The van der Waals surface area contributed by atoms with Gasteiger partial charge >= 0.3 is 0 Å². The van der Waals surface area contributed by atoms with Crippen LogP contribution in [0.25, 0.3) is 0 Å². The highest BCUT2D eigenvalue weighted by Crippen LogP contribution is 2.25. The molecule has 2 fully saturated rings. The molecule has 2 atom stereocenters. The van der Waals surface area contributed by atoms with E-state index in [1.807, 2.05) is 16.5 Å². The maximum atomic E-state index is 12.9. The molecule has 0 aliphatic carbocycles. The standard InChI is InChI=1S/C17H26N4O2/c1-12-8-13(2)21(18-12)11-15-6-4-5-7-20(15)17(23)14-9-16(22)19(3)10-14/h8,14-15H,4-7,9-11H2,1-3H3/t14-,15+/m0/s1. The number of hydrogen-bond donors (Lipinski definition) is 0. The molecule has 0 saturated carbocycles. The molecular formula is C17H26N4O2. The monoisotopic (exact) mass is 318 g/mol. The second-order valence-electron chi connectivity index (χ2n) is 6.97. The Bertz CT molecular complexity index is 610. The molecule has 3 rings (SSSR count). The molecule has 0 unspecified atom stereocenters. The van der Waals surface area contributed by atoms with Gasteiger partial charge in [0.25, 0.3) is 0 Å². The molecule has 2 aliphatic rings. The van der Waals surface area contributed by atoms with Crippen LogP contribution in [0, 0.1) is 19.8 Å². The van der Waals surface area contributed by atoms with Crippen molar-refractivity contribution >= 4 is 11.8 Å². The molecule has 126 valence electrons. The van der Waals surface area contributed by atoms with Crippen LogP contribution in [0.3, 0.4) is 0 Å². The SMILES string of the molecule is Cc1cc(C)n(C[C@H]2CCCCN2C(=O)[C@H]2CC(=O)N(C)C2)n1. The van der Waals surface area contributed by atoms with Gasteiger partial charge in [-0.3, -0.25) is 14.3 Å². The predicted octanol–water partition coefficient (Wildman–Crippen LogP) is 1.36. The van der Waals surface area contributed by atoms with Crippen molar-refractivity contribution in [2.45, 2.75) is 52.1 Å². The number of carbonyl (C=O) groups excluding carboxylic acids is 2. The molecule has 2 amide bonds. The summed E-state index contributed by atoms with van der Waals surface area (Å²) in [5, 5.41) is 4.54. The van der Waals surface area contributed by atoms with Gasteiger partial charge < -0.3 is 9.80 Å². The Hall–Kier alpha value is -1.85. The highest BCUT2D eigenvalue weighted by atomic mass is 16.2. The van der Waals surface area contributed by atoms with Crippen LogP contribution in [0.5, 0.6) is 0 Å². The van der Waals surface area contributed by atoms with Gasteiger partial charge in [0, 0.05) is 32.3 Å². The predicted molar refractivity (Wildman–Crippen MR) is 86.8 cm³/mol. The van der Waals surface area contributed by atoms with Gasteiger partial charge in [0.15, 0.2) is 0 Å². The van der Waals surface area contributed by atoms with Gasteiger partial charge in [-0.15, -0.1) is 0 Å². The Morgan fingerprint density at radius 2 is 2.13 bits per heavy atom. The third-order valence-corrected chi connectivity index (χ3v) is 5.09. The lowest BCUT2D eigenvalue weighted by atomic mass is 9.98. The van der Waals surface area contributed by atoms with Crippen molar-refractivity contribution in [1.82, 2.24) is 19.6 Å². The van der Waals surface area contributed by atoms with E-state index in [1.165, 1.54) is 0 Å². The number of nitrogens with zero attached hydrogens (tertiary/aromatic N) is 4. The molecule has 6 heteroatoms. The van der Waals surface area contributed by atoms with Crippen LogP contribution in [-0.4, -0.2) is 57.6 Å². The maximum Gasteiger partial charge on any atom is 0.228 e. The fraction of sp³-hybridized carbons (Fsp3) is 0.706. The highest BCUT2D eigenvalue weighted by molar-refractivity contribution is 5.89. The number of piperidine rings is 1. The van der Waals surface area contributed by atoms with Gasteiger partial charge in [-0.2, -0.15) is 5.10 Å². The third kappa shape index (κ3) is 3.26. The van der Waals surface area contributed by atoms with Crippen molar-refractivity contribution < 1.29 is 9.59 Å². The average Bonchev–Trinajstić information content (AvgIpc) is 3.01. The first-order valence-corrected chi connectivity index (χ1v) is 8.51. The van der Waals surface area contributed by atoms with Gasteiger partial charge in [0.2, 0.25) is 11.8 Å². The first-order valence-electron chi connectivity index (χ1n) is 8.51. The molecule has 3 heterocycles. The van der Waals surface area contributed by atoms with E-state index in [2.05, 4.69) is 18.1 Å². The maximum absolute atomic E-state index is 12.9. The Kier molecular flexibility index (Phi) is 4.41. The summed E-state index contributed by atoms with van der Waals surface area (Å²) >= 11 is 0. The number of aromatic nitrogens is 2. The molecule has 2 aliphatic heterocycles. The van der Waals surface area contributed by atoms with Gasteiger partial charge in [-0.25, -0.2) is 0 Å². The summed E-state index contributed by atoms with van der Waals surface area (Å²) in [7, 11) is 1.78. The van der Waals surface area contributed by atoms with Gasteiger partial charge in [0.1, 0.15) is 0 Å². The first kappa shape index (κ1) is 16.0. The minimum atomic E-state index is -0.173. The lowest BCUT2D eigenvalue weighted by Gasteiger charge is -2.37. The van der Waals surface area contributed by atoms with E-state index in [0.29, 0.717) is 13.0 Å². The lowest BCUT2D eigenvalue weighted by molar-refractivity contribution is -0.139. The zero-order valence-corrected chi connectivity index (χ0v) is 14.3. The summed E-state index contributed by atoms with van der Waals surface area (Å²) < 4.78 is 2.01. The number of aryl methyl sites for hydroxylation is 2. The lowest BCUT2D eigenvalue weighted by Crippen LogP contribution is -2.48. The number of carbonyl (C=O) groups is 2. The molecule has 0 spiro atoms. The Morgan fingerprint density at radius 1 is 1.35 bits per heavy atom. The normalized spacial score (nSPS) is 25.3. The third-order valence-electron chi connectivity index (χ3n) is 5.09. The number of rotatable bonds is 3. The zero-order valence-electron chi connectivity index (χ0n) is 14.3. The number of amides is 2. The Morgan fingerprint density at radius 3 is 2.74 bits per heavy atom. The number of likely N-dealkylation sites (tertiary alicyclic amines) is 2. The Balaban J connectivity index is 1.72. The van der Waals surface area contributed by atoms with Crippen LogP contribution in [0.4, 0.5) is 0 Å². The molecule has 1 aromatic rings. The average molecular weight is 318 g/mol. The van der Waals surface area contributed by atoms with E-state index in [4.69, 9.17) is 0 Å². The van der Waals surface area contributed by atoms with Crippen LogP contribution >= 0.6 is 0 Å². The van der Waals surface area contributed by atoms with Crippen molar-refractivity contribution in [2.75, 3.05) is 20.1 Å². The highest BCUT2D eigenvalue weighted by Gasteiger charge is 2.37. The quantitative estimate of drug-likeness (QED) is 0.845. The van der Waals surface area contributed by atoms with E-state index in [0.717, 1.165) is 43.7 Å². The van der Waals surface area contributed by atoms with Crippen molar-refractivity contribution in [1.29, 1.82) is 0 Å². The molecule has 0 aromatic carbocycles. The molecule has 0 bridgehead atoms. The minimum Gasteiger partial charge on any atom is -0.345 e. The number of hydrogen-bond acceptors (Lipinski definition) is 3. The van der Waals surface area contributed by atoms with E-state index < -0.39 is 0 Å². The molecule has 6 nitrogen and oxygen atoms in total. The van der Waals surface area contributed by atoms with E-state index in [1.54, 1.807) is 11.9 Å². The summed E-state index contributed by atoms with van der Waals surface area (Å²) in [5.41, 5.74) is 2.15. The van der Waals surface area contributed by atoms with Crippen molar-refractivity contribution in [3.05, 3.63) is 17.5 Å². The first-order chi connectivity index (χ1) is 11.0. The summed E-state index contributed by atoms with van der Waals surface area (Å²) in [5.74, 6) is 0.0536. The molecule has 0 radical (unpaired) electrons. The smallest absolute Gasteiger partial charge is 0.228 e. The summed E-state index contributed by atoms with van der Waals surface area (Å²) in [6, 6.07) is 2.26. The van der Waals surface area contributed by atoms with Gasteiger partial charge in [-0.1, -0.05) is 0 Å². The van der Waals surface area contributed by atoms with Crippen LogP contribution in [0.2, 0.25) is 0 Å². The topological polar surface area (TPSA) is 58.4 Å². The second-order valence-corrected chi connectivity index (χ2v) is 6.97. The fourth-order valence-corrected chi connectivity index (χ4v) is 3.80. The minimum absolute atomic E-state index is 0.0791. The molecular weight excluding hydrogens is 292 g/mol. The summed E-state index contributed by atoms with van der Waals surface area (Å²) in [6.45, 7) is 6.16. The molecule has 1 aromatic heterocycles. The zero-order chi connectivity index (χ0) is 16.6. The largest absolute Gasteiger partial charge is 0.345 e. The van der Waals surface area contributed by atoms with Crippen LogP contribution in [0.1, 0.15) is 37.1 Å².